The molecule has 0 aliphatic carbocycles. The molecule has 5 nitrogen and oxygen atoms in total. The Morgan fingerprint density at radius 2 is 1.76 bits per heavy atom. The molecule has 21 heavy (non-hydrogen) atoms. The van der Waals surface area contributed by atoms with Crippen LogP contribution in [0.15, 0.2) is 42.5 Å². The van der Waals surface area contributed by atoms with Crippen molar-refractivity contribution in [2.75, 3.05) is 17.7 Å². The maximum atomic E-state index is 12.3. The maximum absolute atomic E-state index is 12.3. The predicted octanol–water partition coefficient (Wildman–Crippen LogP) is 2.39. The van der Waals surface area contributed by atoms with Crippen molar-refractivity contribution in [3.05, 3.63) is 59.2 Å². The van der Waals surface area contributed by atoms with E-state index in [9.17, 15) is 9.59 Å². The van der Waals surface area contributed by atoms with Crippen molar-refractivity contribution in [2.24, 2.45) is 5.73 Å². The van der Waals surface area contributed by atoms with Gasteiger partial charge in [-0.1, -0.05) is 12.1 Å². The molecule has 0 unspecified atom stereocenters. The summed E-state index contributed by atoms with van der Waals surface area (Å²) in [6.07, 6.45) is 0. The van der Waals surface area contributed by atoms with Crippen LogP contribution in [0.5, 0.6) is 0 Å². The quantitative estimate of drug-likeness (QED) is 0.805. The van der Waals surface area contributed by atoms with Gasteiger partial charge in [-0.25, -0.2) is 0 Å². The van der Waals surface area contributed by atoms with E-state index in [2.05, 4.69) is 10.6 Å². The number of primary amides is 1. The van der Waals surface area contributed by atoms with Gasteiger partial charge in [-0.2, -0.15) is 0 Å². The Balaban J connectivity index is 2.26. The third-order valence-corrected chi connectivity index (χ3v) is 3.20. The lowest BCUT2D eigenvalue weighted by atomic mass is 10.1. The van der Waals surface area contributed by atoms with Crippen molar-refractivity contribution in [3.8, 4) is 0 Å². The van der Waals surface area contributed by atoms with Gasteiger partial charge in [-0.3, -0.25) is 9.59 Å². The molecule has 108 valence electrons. The minimum atomic E-state index is -0.489. The number of para-hydroxylation sites is 1. The fourth-order valence-corrected chi connectivity index (χ4v) is 2.05. The van der Waals surface area contributed by atoms with Crippen LogP contribution >= 0.6 is 0 Å². The van der Waals surface area contributed by atoms with Crippen molar-refractivity contribution in [1.29, 1.82) is 0 Å². The smallest absolute Gasteiger partial charge is 0.257 e. The van der Waals surface area contributed by atoms with Crippen LogP contribution in [0.25, 0.3) is 0 Å². The normalized spacial score (nSPS) is 10.0. The van der Waals surface area contributed by atoms with Crippen molar-refractivity contribution < 1.29 is 9.59 Å². The summed E-state index contributed by atoms with van der Waals surface area (Å²) < 4.78 is 0. The summed E-state index contributed by atoms with van der Waals surface area (Å²) in [6, 6.07) is 12.2. The first-order chi connectivity index (χ1) is 10.0. The van der Waals surface area contributed by atoms with Gasteiger partial charge >= 0.3 is 0 Å². The maximum Gasteiger partial charge on any atom is 0.257 e. The van der Waals surface area contributed by atoms with Gasteiger partial charge in [-0.05, 0) is 42.8 Å². The van der Waals surface area contributed by atoms with Crippen molar-refractivity contribution in [2.45, 2.75) is 6.92 Å². The number of benzene rings is 2. The van der Waals surface area contributed by atoms with Crippen LogP contribution in [0.1, 0.15) is 26.3 Å². The number of rotatable bonds is 4. The second kappa shape index (κ2) is 6.09. The largest absolute Gasteiger partial charge is 0.387 e. The van der Waals surface area contributed by atoms with E-state index in [1.165, 1.54) is 0 Å². The number of nitrogens with two attached hydrogens (primary N) is 1. The number of carbonyl (C=O) groups is 2. The molecule has 0 bridgehead atoms. The van der Waals surface area contributed by atoms with Gasteiger partial charge in [-0.15, -0.1) is 0 Å². The highest BCUT2D eigenvalue weighted by atomic mass is 16.2. The highest BCUT2D eigenvalue weighted by Gasteiger charge is 2.12. The molecule has 2 aromatic rings. The zero-order chi connectivity index (χ0) is 15.4. The van der Waals surface area contributed by atoms with E-state index < -0.39 is 5.91 Å². The van der Waals surface area contributed by atoms with Gasteiger partial charge < -0.3 is 16.4 Å². The predicted molar refractivity (Wildman–Crippen MR) is 83.6 cm³/mol. The Morgan fingerprint density at radius 3 is 2.38 bits per heavy atom. The highest BCUT2D eigenvalue weighted by Crippen LogP contribution is 2.20. The molecule has 0 aliphatic heterocycles. The molecule has 0 spiro atoms. The Kier molecular flexibility index (Phi) is 4.23. The molecule has 2 rings (SSSR count). The van der Waals surface area contributed by atoms with Gasteiger partial charge in [0.25, 0.3) is 5.91 Å². The molecule has 0 aromatic heterocycles. The van der Waals surface area contributed by atoms with E-state index in [1.807, 2.05) is 19.1 Å². The lowest BCUT2D eigenvalue weighted by Crippen LogP contribution is -2.16. The lowest BCUT2D eigenvalue weighted by Gasteiger charge is -2.12. The zero-order valence-corrected chi connectivity index (χ0v) is 11.9. The summed E-state index contributed by atoms with van der Waals surface area (Å²) in [4.78, 5) is 23.4. The average Bonchev–Trinajstić information content (AvgIpc) is 2.48. The molecule has 2 aromatic carbocycles. The third kappa shape index (κ3) is 3.20. The summed E-state index contributed by atoms with van der Waals surface area (Å²) in [5, 5.41) is 5.82. The van der Waals surface area contributed by atoms with E-state index >= 15 is 0 Å². The second-order valence-electron chi connectivity index (χ2n) is 4.64. The number of nitrogens with one attached hydrogen (secondary N) is 2. The molecule has 0 fully saturated rings. The van der Waals surface area contributed by atoms with E-state index in [1.54, 1.807) is 37.4 Å². The Morgan fingerprint density at radius 1 is 1.05 bits per heavy atom. The molecule has 4 N–H and O–H groups in total. The fourth-order valence-electron chi connectivity index (χ4n) is 2.05. The first kappa shape index (κ1) is 14.6. The lowest BCUT2D eigenvalue weighted by molar-refractivity contribution is 0.0998. The monoisotopic (exact) mass is 283 g/mol. The molecular formula is C16H17N3O2. The Labute approximate surface area is 123 Å². The number of hydrogen-bond acceptors (Lipinski definition) is 3. The van der Waals surface area contributed by atoms with Crippen LogP contribution in [0.3, 0.4) is 0 Å². The summed E-state index contributed by atoms with van der Waals surface area (Å²) >= 11 is 0. The minimum absolute atomic E-state index is 0.213. The number of aryl methyl sites for hydroxylation is 1. The molecule has 5 heteroatoms. The standard InChI is InChI=1S/C16H17N3O2/c1-10-9-11(15(17)20)7-8-13(10)19-16(21)12-5-3-4-6-14(12)18-2/h3-9,18H,1-2H3,(H2,17,20)(H,19,21). The summed E-state index contributed by atoms with van der Waals surface area (Å²) in [6.45, 7) is 1.81. The SMILES string of the molecule is CNc1ccccc1C(=O)Nc1ccc(C(N)=O)cc1C. The van der Waals surface area contributed by atoms with Crippen LogP contribution < -0.4 is 16.4 Å². The third-order valence-electron chi connectivity index (χ3n) is 3.20. The van der Waals surface area contributed by atoms with Crippen molar-refractivity contribution in [1.82, 2.24) is 0 Å². The fraction of sp³-hybridized carbons (Fsp3) is 0.125. The summed E-state index contributed by atoms with van der Waals surface area (Å²) in [5.74, 6) is -0.702. The van der Waals surface area contributed by atoms with Crippen molar-refractivity contribution >= 4 is 23.2 Å². The first-order valence-electron chi connectivity index (χ1n) is 6.51. The van der Waals surface area contributed by atoms with Crippen molar-refractivity contribution in [3.63, 3.8) is 0 Å². The highest BCUT2D eigenvalue weighted by molar-refractivity contribution is 6.08. The van der Waals surface area contributed by atoms with Crippen LogP contribution in [0, 0.1) is 6.92 Å². The molecule has 2 amide bonds. The van der Waals surface area contributed by atoms with Crippen LogP contribution in [0.4, 0.5) is 11.4 Å². The number of hydrogen-bond donors (Lipinski definition) is 3. The zero-order valence-electron chi connectivity index (χ0n) is 11.9. The van der Waals surface area contributed by atoms with Crippen LogP contribution in [-0.4, -0.2) is 18.9 Å². The molecule has 0 atom stereocenters. The summed E-state index contributed by atoms with van der Waals surface area (Å²) in [5.41, 5.74) is 8.38. The molecule has 0 saturated carbocycles. The topological polar surface area (TPSA) is 84.2 Å². The van der Waals surface area contributed by atoms with Gasteiger partial charge in [0.2, 0.25) is 5.91 Å². The number of amides is 2. The van der Waals surface area contributed by atoms with E-state index in [0.717, 1.165) is 11.3 Å². The molecular weight excluding hydrogens is 266 g/mol. The van der Waals surface area contributed by atoms with Gasteiger partial charge in [0.05, 0.1) is 5.56 Å². The Hall–Kier alpha value is -2.82. The van der Waals surface area contributed by atoms with E-state index in [4.69, 9.17) is 5.73 Å². The first-order valence-corrected chi connectivity index (χ1v) is 6.51. The van der Waals surface area contributed by atoms with E-state index in [-0.39, 0.29) is 5.91 Å². The average molecular weight is 283 g/mol. The van der Waals surface area contributed by atoms with Crippen LogP contribution in [0.2, 0.25) is 0 Å². The summed E-state index contributed by atoms with van der Waals surface area (Å²) in [7, 11) is 1.76. The molecule has 0 radical (unpaired) electrons. The number of anilines is 2. The Bertz CT molecular complexity index is 696. The van der Waals surface area contributed by atoms with Gasteiger partial charge in [0.15, 0.2) is 0 Å². The molecule has 0 aliphatic rings. The van der Waals surface area contributed by atoms with Crippen LogP contribution in [-0.2, 0) is 0 Å². The molecule has 0 saturated heterocycles. The van der Waals surface area contributed by atoms with Gasteiger partial charge in [0.1, 0.15) is 0 Å². The van der Waals surface area contributed by atoms with Gasteiger partial charge in [0, 0.05) is 24.0 Å². The number of carbonyl (C=O) groups excluding carboxylic acids is 2. The minimum Gasteiger partial charge on any atom is -0.387 e. The molecule has 0 heterocycles. The van der Waals surface area contributed by atoms with E-state index in [0.29, 0.717) is 16.8 Å². The second-order valence-corrected chi connectivity index (χ2v) is 4.64.